The van der Waals surface area contributed by atoms with Gasteiger partial charge in [-0.15, -0.1) is 0 Å². The number of likely N-dealkylation sites (tertiary alicyclic amines) is 2. The summed E-state index contributed by atoms with van der Waals surface area (Å²) >= 11 is 0. The number of aliphatic hydroxyl groups excluding tert-OH is 1. The third kappa shape index (κ3) is 6.47. The fourth-order valence-corrected chi connectivity index (χ4v) is 5.91. The van der Waals surface area contributed by atoms with Gasteiger partial charge in [-0.1, -0.05) is 12.1 Å². The summed E-state index contributed by atoms with van der Waals surface area (Å²) in [7, 11) is 1.82. The topological polar surface area (TPSA) is 139 Å². The Morgan fingerprint density at radius 2 is 1.81 bits per heavy atom. The Bertz CT molecular complexity index is 1630. The Morgan fingerprint density at radius 1 is 1.02 bits per heavy atom. The van der Waals surface area contributed by atoms with E-state index in [4.69, 9.17) is 15.6 Å². The fourth-order valence-electron chi connectivity index (χ4n) is 5.91. The van der Waals surface area contributed by atoms with Gasteiger partial charge in [-0.3, -0.25) is 14.3 Å². The average molecular weight is 584 g/mol. The Kier molecular flexibility index (Phi) is 8.26. The lowest BCUT2D eigenvalue weighted by Gasteiger charge is -2.31. The number of benzene rings is 2. The van der Waals surface area contributed by atoms with Crippen molar-refractivity contribution in [1.29, 1.82) is 0 Å². The number of aromatic nitrogens is 3. The van der Waals surface area contributed by atoms with E-state index in [1.807, 2.05) is 49.6 Å². The van der Waals surface area contributed by atoms with Crippen molar-refractivity contribution in [3.05, 3.63) is 72.2 Å². The number of hydrogen-bond donors (Lipinski definition) is 3. The van der Waals surface area contributed by atoms with Crippen molar-refractivity contribution in [3.63, 3.8) is 0 Å². The van der Waals surface area contributed by atoms with Crippen LogP contribution >= 0.6 is 0 Å². The third-order valence-corrected chi connectivity index (χ3v) is 8.32. The zero-order chi connectivity index (χ0) is 29.9. The van der Waals surface area contributed by atoms with Gasteiger partial charge in [0.05, 0.1) is 18.4 Å². The highest BCUT2D eigenvalue weighted by atomic mass is 16.5. The van der Waals surface area contributed by atoms with Crippen LogP contribution in [0.3, 0.4) is 0 Å². The van der Waals surface area contributed by atoms with Crippen molar-refractivity contribution in [2.75, 3.05) is 45.1 Å². The van der Waals surface area contributed by atoms with E-state index in [9.17, 15) is 9.59 Å². The molecule has 0 unspecified atom stereocenters. The van der Waals surface area contributed by atoms with Crippen LogP contribution in [0.2, 0.25) is 0 Å². The lowest BCUT2D eigenvalue weighted by atomic mass is 10.1. The predicted octanol–water partition coefficient (Wildman–Crippen LogP) is 2.70. The molecule has 2 fully saturated rings. The number of carbonyl (C=O) groups excluding carboxylic acids is 2. The van der Waals surface area contributed by atoms with E-state index in [1.54, 1.807) is 28.0 Å². The van der Waals surface area contributed by atoms with Gasteiger partial charge >= 0.3 is 0 Å². The minimum atomic E-state index is -0.311. The number of carbonyl (C=O) groups is 2. The van der Waals surface area contributed by atoms with E-state index >= 15 is 0 Å². The molecule has 4 heterocycles. The number of fused-ring (bicyclic) bond motifs is 1. The molecule has 4 N–H and O–H groups in total. The number of anilines is 1. The number of aliphatic hydroxyl groups is 1. The molecule has 2 saturated heterocycles. The van der Waals surface area contributed by atoms with Gasteiger partial charge in [-0.25, -0.2) is 4.98 Å². The number of ether oxygens (including phenoxy) is 1. The maximum atomic E-state index is 13.4. The van der Waals surface area contributed by atoms with Crippen LogP contribution in [-0.4, -0.2) is 93.0 Å². The average Bonchev–Trinajstić information content (AvgIpc) is 3.67. The molecule has 4 aromatic rings. The molecule has 0 aliphatic carbocycles. The number of rotatable bonds is 8. The maximum absolute atomic E-state index is 13.4. The van der Waals surface area contributed by atoms with Crippen molar-refractivity contribution < 1.29 is 19.4 Å². The Labute approximate surface area is 250 Å². The number of nitrogens with zero attached hydrogens (tertiary/aromatic N) is 5. The molecule has 0 spiro atoms. The summed E-state index contributed by atoms with van der Waals surface area (Å²) in [6.07, 6.45) is 7.87. The zero-order valence-electron chi connectivity index (χ0n) is 24.3. The Morgan fingerprint density at radius 3 is 2.58 bits per heavy atom. The lowest BCUT2D eigenvalue weighted by Crippen LogP contribution is -2.39. The van der Waals surface area contributed by atoms with Crippen LogP contribution in [0.5, 0.6) is 5.75 Å². The van der Waals surface area contributed by atoms with Gasteiger partial charge < -0.3 is 30.7 Å². The molecule has 43 heavy (non-hydrogen) atoms. The second-order valence-corrected chi connectivity index (χ2v) is 11.4. The second-order valence-electron chi connectivity index (χ2n) is 11.4. The molecular weight excluding hydrogens is 546 g/mol. The summed E-state index contributed by atoms with van der Waals surface area (Å²) < 4.78 is 7.93. The van der Waals surface area contributed by atoms with Crippen LogP contribution in [-0.2, 0) is 7.05 Å². The third-order valence-electron chi connectivity index (χ3n) is 8.32. The number of nitrogens with two attached hydrogens (primary N) is 1. The summed E-state index contributed by atoms with van der Waals surface area (Å²) in [5.74, 6) is 0.610. The largest absolute Gasteiger partial charge is 0.490 e. The van der Waals surface area contributed by atoms with E-state index in [0.29, 0.717) is 37.2 Å². The molecule has 2 amide bonds. The highest BCUT2D eigenvalue weighted by molar-refractivity contribution is 6.00. The van der Waals surface area contributed by atoms with Crippen LogP contribution in [0.4, 0.5) is 5.82 Å². The number of aryl methyl sites for hydroxylation is 1. The Hall–Kier alpha value is -4.48. The smallest absolute Gasteiger partial charge is 0.255 e. The highest BCUT2D eigenvalue weighted by Gasteiger charge is 2.29. The van der Waals surface area contributed by atoms with Crippen molar-refractivity contribution in [3.8, 4) is 16.9 Å². The van der Waals surface area contributed by atoms with Crippen LogP contribution in [0.25, 0.3) is 21.9 Å². The van der Waals surface area contributed by atoms with Crippen molar-refractivity contribution in [2.24, 2.45) is 7.05 Å². The monoisotopic (exact) mass is 583 g/mol. The van der Waals surface area contributed by atoms with Crippen LogP contribution in [0.1, 0.15) is 40.0 Å². The van der Waals surface area contributed by atoms with Gasteiger partial charge in [-0.2, -0.15) is 5.10 Å². The van der Waals surface area contributed by atoms with Gasteiger partial charge in [0.2, 0.25) is 0 Å². The number of piperidine rings is 1. The van der Waals surface area contributed by atoms with E-state index < -0.39 is 0 Å². The molecule has 1 atom stereocenters. The number of amides is 2. The number of β-amino-alcohol motifs (C(OH)–C–C–N with tert-alkyl or cyclic N) is 1. The van der Waals surface area contributed by atoms with Gasteiger partial charge in [-0.05, 0) is 60.4 Å². The van der Waals surface area contributed by atoms with Crippen molar-refractivity contribution >= 4 is 28.4 Å². The molecule has 2 aromatic heterocycles. The molecule has 6 rings (SSSR count). The summed E-state index contributed by atoms with van der Waals surface area (Å²) in [5, 5.41) is 18.3. The SMILES string of the molecule is Cn1cc(-c2cnc(N)c(C(=O)N[C@@H]3CCN(C(=O)c4ccc5cc(OC6CCN(CCO)CC6)ccc5c4)C3)c2)cn1. The number of nitrogens with one attached hydrogen (secondary N) is 1. The number of pyridine rings is 1. The fraction of sp³-hybridized carbons (Fsp3) is 0.375. The highest BCUT2D eigenvalue weighted by Crippen LogP contribution is 2.26. The molecule has 2 aromatic carbocycles. The van der Waals surface area contributed by atoms with E-state index in [1.165, 1.54) is 0 Å². The number of nitrogen functional groups attached to an aromatic ring is 1. The van der Waals surface area contributed by atoms with Crippen LogP contribution < -0.4 is 15.8 Å². The molecular formula is C32H37N7O4. The summed E-state index contributed by atoms with van der Waals surface area (Å²) in [6.45, 7) is 3.72. The molecule has 2 aliphatic rings. The first-order chi connectivity index (χ1) is 20.9. The molecule has 224 valence electrons. The van der Waals surface area contributed by atoms with E-state index in [-0.39, 0.29) is 36.4 Å². The van der Waals surface area contributed by atoms with Crippen LogP contribution in [0.15, 0.2) is 61.1 Å². The summed E-state index contributed by atoms with van der Waals surface area (Å²) in [6, 6.07) is 13.2. The number of hydrogen-bond acceptors (Lipinski definition) is 8. The van der Waals surface area contributed by atoms with E-state index in [0.717, 1.165) is 53.6 Å². The van der Waals surface area contributed by atoms with Gasteiger partial charge in [0, 0.05) is 74.9 Å². The van der Waals surface area contributed by atoms with Crippen LogP contribution in [0, 0.1) is 0 Å². The zero-order valence-corrected chi connectivity index (χ0v) is 24.3. The quantitative estimate of drug-likeness (QED) is 0.288. The van der Waals surface area contributed by atoms with E-state index in [2.05, 4.69) is 20.3 Å². The molecule has 0 saturated carbocycles. The first-order valence-electron chi connectivity index (χ1n) is 14.7. The maximum Gasteiger partial charge on any atom is 0.255 e. The molecule has 11 heteroatoms. The van der Waals surface area contributed by atoms with Crippen molar-refractivity contribution in [2.45, 2.75) is 31.4 Å². The molecule has 2 aliphatic heterocycles. The van der Waals surface area contributed by atoms with Crippen molar-refractivity contribution in [1.82, 2.24) is 29.9 Å². The van der Waals surface area contributed by atoms with Gasteiger partial charge in [0.25, 0.3) is 11.8 Å². The Balaban J connectivity index is 1.06. The van der Waals surface area contributed by atoms with Gasteiger partial charge in [0.15, 0.2) is 0 Å². The molecule has 11 nitrogen and oxygen atoms in total. The van der Waals surface area contributed by atoms with Gasteiger partial charge in [0.1, 0.15) is 17.7 Å². The predicted molar refractivity (Wildman–Crippen MR) is 164 cm³/mol. The second kappa shape index (κ2) is 12.4. The standard InChI is InChI=1S/C32H37N7O4/c1-37-19-25(18-35-37)24-16-29(30(33)34-17-24)31(41)36-26-6-11-39(20-26)32(42)23-3-2-22-15-28(5-4-21(22)14-23)43-27-7-9-38(10-8-27)12-13-40/h2-5,14-19,26-27,40H,6-13,20H2,1H3,(H2,33,34)(H,36,41)/t26-/m1/s1. The molecule has 0 radical (unpaired) electrons. The first kappa shape index (κ1) is 28.6. The molecule has 0 bridgehead atoms. The normalized spacial score (nSPS) is 17.8. The minimum absolute atomic E-state index is 0.0617. The minimum Gasteiger partial charge on any atom is -0.490 e. The first-order valence-corrected chi connectivity index (χ1v) is 14.7. The lowest BCUT2D eigenvalue weighted by molar-refractivity contribution is 0.0783. The summed E-state index contributed by atoms with van der Waals surface area (Å²) in [4.78, 5) is 34.7. The summed E-state index contributed by atoms with van der Waals surface area (Å²) in [5.41, 5.74) is 8.56.